The van der Waals surface area contributed by atoms with Gasteiger partial charge >= 0.3 is 0 Å². The van der Waals surface area contributed by atoms with E-state index in [0.717, 1.165) is 34.8 Å². The van der Waals surface area contributed by atoms with Crippen LogP contribution in [0.5, 0.6) is 17.2 Å². The van der Waals surface area contributed by atoms with Gasteiger partial charge in [-0.15, -0.1) is 0 Å². The van der Waals surface area contributed by atoms with Crippen LogP contribution in [0.3, 0.4) is 0 Å². The fourth-order valence-electron chi connectivity index (χ4n) is 4.67. The molecule has 0 spiro atoms. The fourth-order valence-corrected chi connectivity index (χ4v) is 4.67. The zero-order valence-electron chi connectivity index (χ0n) is 20.8. The van der Waals surface area contributed by atoms with Crippen LogP contribution in [0.2, 0.25) is 0 Å². The average Bonchev–Trinajstić information content (AvgIpc) is 3.77. The lowest BCUT2D eigenvalue weighted by molar-refractivity contribution is -0.117. The molecule has 0 radical (unpaired) electrons. The zero-order valence-corrected chi connectivity index (χ0v) is 20.8. The van der Waals surface area contributed by atoms with Gasteiger partial charge in [-0.05, 0) is 47.7 Å². The number of hydrogen-bond acceptors (Lipinski definition) is 5. The van der Waals surface area contributed by atoms with Crippen LogP contribution in [-0.2, 0) is 4.79 Å². The standard InChI is InChI=1S/C29H30N2O5/c1-34-22-16-25(35-2)27(26(17-22)36-3)18-10-12-31(13-11-18)29(33)23-14-20-6-4-5-7-21(20)15-24(23)30-28(32)19-8-9-19/h4-7,10,14-17,19H,8-9,11-13H2,1-3H3,(H,30,32). The summed E-state index contributed by atoms with van der Waals surface area (Å²) in [5.74, 6) is 1.91. The SMILES string of the molecule is COc1cc(OC)c(C2=CCN(C(=O)c3cc4ccccc4cc3NC(=O)C3CC3)CC2)c(OC)c1. The van der Waals surface area contributed by atoms with Crippen LogP contribution in [0.1, 0.15) is 35.2 Å². The summed E-state index contributed by atoms with van der Waals surface area (Å²) in [6.45, 7) is 0.973. The number of carbonyl (C=O) groups is 2. The Morgan fingerprint density at radius 2 is 1.58 bits per heavy atom. The Hall–Kier alpha value is -4.00. The molecule has 7 nitrogen and oxygen atoms in total. The van der Waals surface area contributed by atoms with Crippen molar-refractivity contribution in [2.45, 2.75) is 19.3 Å². The van der Waals surface area contributed by atoms with Gasteiger partial charge in [0.2, 0.25) is 5.91 Å². The predicted octanol–water partition coefficient (Wildman–Crippen LogP) is 5.14. The molecule has 3 aromatic carbocycles. The lowest BCUT2D eigenvalue weighted by Crippen LogP contribution is -2.35. The highest BCUT2D eigenvalue weighted by Gasteiger charge is 2.31. The molecule has 1 fully saturated rings. The predicted molar refractivity (Wildman–Crippen MR) is 140 cm³/mol. The molecule has 2 aliphatic rings. The summed E-state index contributed by atoms with van der Waals surface area (Å²) in [5.41, 5.74) is 3.01. The van der Waals surface area contributed by atoms with Crippen molar-refractivity contribution in [3.05, 3.63) is 65.7 Å². The first-order valence-corrected chi connectivity index (χ1v) is 12.1. The van der Waals surface area contributed by atoms with Crippen molar-refractivity contribution in [2.75, 3.05) is 39.7 Å². The summed E-state index contributed by atoms with van der Waals surface area (Å²) in [6, 6.07) is 15.3. The summed E-state index contributed by atoms with van der Waals surface area (Å²) in [4.78, 5) is 28.0. The van der Waals surface area contributed by atoms with E-state index in [2.05, 4.69) is 5.32 Å². The first kappa shape index (κ1) is 23.7. The van der Waals surface area contributed by atoms with Gasteiger partial charge in [-0.25, -0.2) is 0 Å². The van der Waals surface area contributed by atoms with Crippen LogP contribution in [0.4, 0.5) is 5.69 Å². The smallest absolute Gasteiger partial charge is 0.256 e. The van der Waals surface area contributed by atoms with Gasteiger partial charge in [0.1, 0.15) is 17.2 Å². The van der Waals surface area contributed by atoms with Crippen LogP contribution < -0.4 is 19.5 Å². The first-order valence-electron chi connectivity index (χ1n) is 12.1. The Morgan fingerprint density at radius 3 is 2.14 bits per heavy atom. The summed E-state index contributed by atoms with van der Waals surface area (Å²) in [6.07, 6.45) is 4.49. The topological polar surface area (TPSA) is 77.1 Å². The molecule has 3 aromatic rings. The Balaban J connectivity index is 1.44. The van der Waals surface area contributed by atoms with E-state index in [9.17, 15) is 9.59 Å². The molecular formula is C29H30N2O5. The minimum atomic E-state index is -0.101. The molecular weight excluding hydrogens is 456 g/mol. The number of ether oxygens (including phenoxy) is 3. The second kappa shape index (κ2) is 9.93. The normalized spacial score (nSPS) is 15.3. The minimum absolute atomic E-state index is 0.0150. The number of nitrogens with one attached hydrogen (secondary N) is 1. The highest BCUT2D eigenvalue weighted by molar-refractivity contribution is 6.08. The van der Waals surface area contributed by atoms with E-state index in [1.54, 1.807) is 21.3 Å². The quantitative estimate of drug-likeness (QED) is 0.500. The molecule has 0 saturated heterocycles. The largest absolute Gasteiger partial charge is 0.496 e. The second-order valence-electron chi connectivity index (χ2n) is 9.15. The number of hydrogen-bond donors (Lipinski definition) is 1. The van der Waals surface area contributed by atoms with Crippen LogP contribution in [-0.4, -0.2) is 51.1 Å². The van der Waals surface area contributed by atoms with Gasteiger partial charge in [0.15, 0.2) is 0 Å². The number of amides is 2. The maximum atomic E-state index is 13.7. The molecule has 5 rings (SSSR count). The van der Waals surface area contributed by atoms with Crippen LogP contribution in [0.15, 0.2) is 54.6 Å². The van der Waals surface area contributed by atoms with E-state index in [4.69, 9.17) is 14.2 Å². The molecule has 1 aliphatic heterocycles. The van der Waals surface area contributed by atoms with E-state index in [-0.39, 0.29) is 17.7 Å². The van der Waals surface area contributed by atoms with Gasteiger partial charge < -0.3 is 24.4 Å². The van der Waals surface area contributed by atoms with Crippen LogP contribution >= 0.6 is 0 Å². The molecule has 36 heavy (non-hydrogen) atoms. The maximum Gasteiger partial charge on any atom is 0.256 e. The first-order chi connectivity index (χ1) is 17.5. The van der Waals surface area contributed by atoms with Crippen molar-refractivity contribution in [3.8, 4) is 17.2 Å². The number of fused-ring (bicyclic) bond motifs is 1. The molecule has 186 valence electrons. The number of carbonyl (C=O) groups excluding carboxylic acids is 2. The van der Waals surface area contributed by atoms with Gasteiger partial charge in [0.25, 0.3) is 5.91 Å². The van der Waals surface area contributed by atoms with Crippen molar-refractivity contribution >= 4 is 33.8 Å². The maximum absolute atomic E-state index is 13.7. The molecule has 0 unspecified atom stereocenters. The third-order valence-corrected chi connectivity index (χ3v) is 6.85. The number of anilines is 1. The van der Waals surface area contributed by atoms with E-state index in [0.29, 0.717) is 48.0 Å². The van der Waals surface area contributed by atoms with Gasteiger partial charge in [-0.2, -0.15) is 0 Å². The van der Waals surface area contributed by atoms with E-state index < -0.39 is 0 Å². The highest BCUT2D eigenvalue weighted by atomic mass is 16.5. The molecule has 1 heterocycles. The molecule has 1 saturated carbocycles. The van der Waals surface area contributed by atoms with E-state index in [1.807, 2.05) is 59.5 Å². The van der Waals surface area contributed by atoms with Crippen LogP contribution in [0, 0.1) is 5.92 Å². The van der Waals surface area contributed by atoms with Crippen molar-refractivity contribution in [3.63, 3.8) is 0 Å². The lowest BCUT2D eigenvalue weighted by atomic mass is 9.96. The molecule has 1 N–H and O–H groups in total. The summed E-state index contributed by atoms with van der Waals surface area (Å²) in [5, 5.41) is 4.96. The van der Waals surface area contributed by atoms with E-state index >= 15 is 0 Å². The van der Waals surface area contributed by atoms with Gasteiger partial charge in [0, 0.05) is 31.1 Å². The average molecular weight is 487 g/mol. The van der Waals surface area contributed by atoms with Gasteiger partial charge in [-0.1, -0.05) is 30.3 Å². The third-order valence-electron chi connectivity index (χ3n) is 6.85. The fraction of sp³-hybridized carbons (Fsp3) is 0.310. The highest BCUT2D eigenvalue weighted by Crippen LogP contribution is 2.41. The summed E-state index contributed by atoms with van der Waals surface area (Å²) >= 11 is 0. The van der Waals surface area contributed by atoms with Gasteiger partial charge in [0.05, 0.1) is 38.1 Å². The number of nitrogens with zero attached hydrogens (tertiary/aromatic N) is 1. The monoisotopic (exact) mass is 486 g/mol. The van der Waals surface area contributed by atoms with Crippen LogP contribution in [0.25, 0.3) is 16.3 Å². The van der Waals surface area contributed by atoms with Crippen molar-refractivity contribution in [2.24, 2.45) is 5.92 Å². The molecule has 1 aliphatic carbocycles. The molecule has 0 bridgehead atoms. The Labute approximate surface area is 210 Å². The third kappa shape index (κ3) is 4.61. The molecule has 0 atom stereocenters. The molecule has 2 amide bonds. The van der Waals surface area contributed by atoms with Gasteiger partial charge in [-0.3, -0.25) is 9.59 Å². The Bertz CT molecular complexity index is 1330. The van der Waals surface area contributed by atoms with E-state index in [1.165, 1.54) is 0 Å². The molecule has 0 aromatic heterocycles. The minimum Gasteiger partial charge on any atom is -0.496 e. The van der Waals surface area contributed by atoms with Crippen molar-refractivity contribution in [1.82, 2.24) is 4.90 Å². The second-order valence-corrected chi connectivity index (χ2v) is 9.15. The Morgan fingerprint density at radius 1 is 0.917 bits per heavy atom. The number of rotatable bonds is 7. The number of methoxy groups -OCH3 is 3. The van der Waals surface area contributed by atoms with Crippen molar-refractivity contribution < 1.29 is 23.8 Å². The summed E-state index contributed by atoms with van der Waals surface area (Å²) < 4.78 is 16.6. The molecule has 7 heteroatoms. The van der Waals surface area contributed by atoms with Crippen molar-refractivity contribution in [1.29, 1.82) is 0 Å². The lowest BCUT2D eigenvalue weighted by Gasteiger charge is -2.29. The summed E-state index contributed by atoms with van der Waals surface area (Å²) in [7, 11) is 4.84. The number of benzene rings is 3. The Kier molecular flexibility index (Phi) is 6.55. The zero-order chi connectivity index (χ0) is 25.2.